The van der Waals surface area contributed by atoms with Gasteiger partial charge >= 0.3 is 0 Å². The third kappa shape index (κ3) is 3.98. The molecule has 132 valence electrons. The lowest BCUT2D eigenvalue weighted by Gasteiger charge is -2.30. The van der Waals surface area contributed by atoms with E-state index in [9.17, 15) is 4.79 Å². The molecule has 1 aliphatic rings. The van der Waals surface area contributed by atoms with Crippen molar-refractivity contribution in [2.45, 2.75) is 26.2 Å². The van der Waals surface area contributed by atoms with Gasteiger partial charge in [0.1, 0.15) is 5.75 Å². The summed E-state index contributed by atoms with van der Waals surface area (Å²) in [5.74, 6) is 0.446. The van der Waals surface area contributed by atoms with E-state index in [4.69, 9.17) is 4.74 Å². The Hall–Kier alpha value is -2.01. The predicted octanol–water partition coefficient (Wildman–Crippen LogP) is 5.01. The molecule has 3 rings (SSSR count). The molecular weight excluding hydrogens is 380 g/mol. The number of nitrogens with one attached hydrogen (secondary N) is 1. The molecular formula is C20H23BrN2O2. The maximum absolute atomic E-state index is 12.9. The second-order valence-corrected chi connectivity index (χ2v) is 7.24. The van der Waals surface area contributed by atoms with E-state index in [0.29, 0.717) is 11.3 Å². The van der Waals surface area contributed by atoms with E-state index in [-0.39, 0.29) is 5.91 Å². The third-order valence-corrected chi connectivity index (χ3v) is 4.99. The number of para-hydroxylation sites is 2. The molecule has 1 heterocycles. The standard InChI is InChI=1S/C20H23BrN2O2/c1-14-12-15(21)13-16(19(14)25-2)20(24)22-17-8-4-5-9-18(17)23-10-6-3-7-11-23/h4-5,8-9,12-13H,3,6-7,10-11H2,1-2H3,(H,22,24). The molecule has 0 aromatic heterocycles. The van der Waals surface area contributed by atoms with Crippen LogP contribution in [0.5, 0.6) is 5.75 Å². The first-order valence-corrected chi connectivity index (χ1v) is 9.39. The first kappa shape index (κ1) is 17.8. The molecule has 2 aromatic rings. The van der Waals surface area contributed by atoms with Crippen molar-refractivity contribution < 1.29 is 9.53 Å². The number of hydrogen-bond acceptors (Lipinski definition) is 3. The SMILES string of the molecule is COc1c(C)cc(Br)cc1C(=O)Nc1ccccc1N1CCCCC1. The van der Waals surface area contributed by atoms with Crippen LogP contribution in [0, 0.1) is 6.92 Å². The van der Waals surface area contributed by atoms with Gasteiger partial charge in [-0.3, -0.25) is 4.79 Å². The van der Waals surface area contributed by atoms with E-state index in [2.05, 4.69) is 32.2 Å². The number of amides is 1. The highest BCUT2D eigenvalue weighted by Gasteiger charge is 2.19. The molecule has 0 unspecified atom stereocenters. The van der Waals surface area contributed by atoms with E-state index < -0.39 is 0 Å². The summed E-state index contributed by atoms with van der Waals surface area (Å²) in [4.78, 5) is 15.3. The van der Waals surface area contributed by atoms with Crippen LogP contribution in [0.1, 0.15) is 35.2 Å². The average molecular weight is 403 g/mol. The second kappa shape index (κ2) is 7.91. The summed E-state index contributed by atoms with van der Waals surface area (Å²) in [6, 6.07) is 11.7. The summed E-state index contributed by atoms with van der Waals surface area (Å²) in [6.45, 7) is 4.00. The van der Waals surface area contributed by atoms with Crippen molar-refractivity contribution in [3.63, 3.8) is 0 Å². The number of rotatable bonds is 4. The highest BCUT2D eigenvalue weighted by Crippen LogP contribution is 2.31. The number of aryl methyl sites for hydroxylation is 1. The van der Waals surface area contributed by atoms with Crippen molar-refractivity contribution in [2.75, 3.05) is 30.4 Å². The van der Waals surface area contributed by atoms with Gasteiger partial charge in [0.25, 0.3) is 5.91 Å². The third-order valence-electron chi connectivity index (χ3n) is 4.54. The number of carbonyl (C=O) groups is 1. The summed E-state index contributed by atoms with van der Waals surface area (Å²) in [6.07, 6.45) is 3.67. The lowest BCUT2D eigenvalue weighted by molar-refractivity contribution is 0.102. The minimum Gasteiger partial charge on any atom is -0.496 e. The first-order chi connectivity index (χ1) is 12.1. The van der Waals surface area contributed by atoms with Crippen LogP contribution in [0.25, 0.3) is 0 Å². The van der Waals surface area contributed by atoms with Gasteiger partial charge in [-0.05, 0) is 56.0 Å². The molecule has 1 N–H and O–H groups in total. The minimum absolute atomic E-state index is 0.161. The van der Waals surface area contributed by atoms with Gasteiger partial charge in [0.2, 0.25) is 0 Å². The monoisotopic (exact) mass is 402 g/mol. The number of carbonyl (C=O) groups excluding carboxylic acids is 1. The van der Waals surface area contributed by atoms with Crippen molar-refractivity contribution in [3.8, 4) is 5.75 Å². The Balaban J connectivity index is 1.89. The molecule has 25 heavy (non-hydrogen) atoms. The van der Waals surface area contributed by atoms with Crippen LogP contribution in [0.3, 0.4) is 0 Å². The number of piperidine rings is 1. The minimum atomic E-state index is -0.161. The summed E-state index contributed by atoms with van der Waals surface area (Å²) in [7, 11) is 1.59. The number of hydrogen-bond donors (Lipinski definition) is 1. The molecule has 0 spiro atoms. The largest absolute Gasteiger partial charge is 0.496 e. The Kier molecular flexibility index (Phi) is 5.63. The molecule has 5 heteroatoms. The lowest BCUT2D eigenvalue weighted by atomic mass is 10.1. The average Bonchev–Trinajstić information content (AvgIpc) is 2.62. The van der Waals surface area contributed by atoms with Gasteiger partial charge in [0.15, 0.2) is 0 Å². The van der Waals surface area contributed by atoms with Gasteiger partial charge in [-0.25, -0.2) is 0 Å². The Morgan fingerprint density at radius 1 is 1.16 bits per heavy atom. The van der Waals surface area contributed by atoms with Gasteiger partial charge in [-0.1, -0.05) is 28.1 Å². The number of anilines is 2. The maximum Gasteiger partial charge on any atom is 0.259 e. The van der Waals surface area contributed by atoms with E-state index in [0.717, 1.165) is 34.5 Å². The number of ether oxygens (including phenoxy) is 1. The van der Waals surface area contributed by atoms with Crippen molar-refractivity contribution in [1.29, 1.82) is 0 Å². The highest BCUT2D eigenvalue weighted by molar-refractivity contribution is 9.10. The normalized spacial score (nSPS) is 14.3. The smallest absolute Gasteiger partial charge is 0.259 e. The zero-order chi connectivity index (χ0) is 17.8. The van der Waals surface area contributed by atoms with Gasteiger partial charge in [0.05, 0.1) is 24.0 Å². The number of halogens is 1. The molecule has 1 amide bonds. The highest BCUT2D eigenvalue weighted by atomic mass is 79.9. The van der Waals surface area contributed by atoms with Crippen LogP contribution in [-0.2, 0) is 0 Å². The van der Waals surface area contributed by atoms with Crippen LogP contribution >= 0.6 is 15.9 Å². The number of methoxy groups -OCH3 is 1. The zero-order valence-electron chi connectivity index (χ0n) is 14.6. The fraction of sp³-hybridized carbons (Fsp3) is 0.350. The molecule has 2 aromatic carbocycles. The fourth-order valence-corrected chi connectivity index (χ4v) is 3.92. The Bertz CT molecular complexity index is 770. The van der Waals surface area contributed by atoms with Crippen molar-refractivity contribution in [2.24, 2.45) is 0 Å². The molecule has 1 aliphatic heterocycles. The molecule has 0 bridgehead atoms. The molecule has 1 saturated heterocycles. The molecule has 4 nitrogen and oxygen atoms in total. The topological polar surface area (TPSA) is 41.6 Å². The van der Waals surface area contributed by atoms with E-state index in [1.54, 1.807) is 13.2 Å². The van der Waals surface area contributed by atoms with E-state index in [1.807, 2.05) is 31.2 Å². The Morgan fingerprint density at radius 3 is 2.60 bits per heavy atom. The molecule has 0 aliphatic carbocycles. The van der Waals surface area contributed by atoms with Crippen LogP contribution in [-0.4, -0.2) is 26.1 Å². The molecule has 0 saturated carbocycles. The van der Waals surface area contributed by atoms with E-state index in [1.165, 1.54) is 19.3 Å². The van der Waals surface area contributed by atoms with Crippen LogP contribution in [0.15, 0.2) is 40.9 Å². The van der Waals surface area contributed by atoms with Crippen molar-refractivity contribution in [1.82, 2.24) is 0 Å². The van der Waals surface area contributed by atoms with Crippen LogP contribution < -0.4 is 15.0 Å². The van der Waals surface area contributed by atoms with Crippen molar-refractivity contribution >= 4 is 33.2 Å². The summed E-state index contributed by atoms with van der Waals surface area (Å²) < 4.78 is 6.31. The van der Waals surface area contributed by atoms with Crippen LogP contribution in [0.2, 0.25) is 0 Å². The maximum atomic E-state index is 12.9. The molecule has 1 fully saturated rings. The Labute approximate surface area is 157 Å². The van der Waals surface area contributed by atoms with E-state index >= 15 is 0 Å². The summed E-state index contributed by atoms with van der Waals surface area (Å²) in [5.41, 5.74) is 3.38. The lowest BCUT2D eigenvalue weighted by Crippen LogP contribution is -2.30. The van der Waals surface area contributed by atoms with Gasteiger partial charge < -0.3 is 15.0 Å². The van der Waals surface area contributed by atoms with Gasteiger partial charge in [-0.2, -0.15) is 0 Å². The Morgan fingerprint density at radius 2 is 1.88 bits per heavy atom. The predicted molar refractivity (Wildman–Crippen MR) is 106 cm³/mol. The van der Waals surface area contributed by atoms with Gasteiger partial charge in [-0.15, -0.1) is 0 Å². The quantitative estimate of drug-likeness (QED) is 0.781. The van der Waals surface area contributed by atoms with Crippen molar-refractivity contribution in [3.05, 3.63) is 52.0 Å². The summed E-state index contributed by atoms with van der Waals surface area (Å²) in [5, 5.41) is 3.07. The number of nitrogens with zero attached hydrogens (tertiary/aromatic N) is 1. The fourth-order valence-electron chi connectivity index (χ4n) is 3.35. The molecule has 0 atom stereocenters. The first-order valence-electron chi connectivity index (χ1n) is 8.59. The van der Waals surface area contributed by atoms with Crippen LogP contribution in [0.4, 0.5) is 11.4 Å². The second-order valence-electron chi connectivity index (χ2n) is 6.32. The van der Waals surface area contributed by atoms with Gasteiger partial charge in [0, 0.05) is 17.6 Å². The number of benzene rings is 2. The zero-order valence-corrected chi connectivity index (χ0v) is 16.2. The molecule has 0 radical (unpaired) electrons. The summed E-state index contributed by atoms with van der Waals surface area (Å²) >= 11 is 3.46.